The number of amidine groups is 1. The van der Waals surface area contributed by atoms with Gasteiger partial charge in [0.05, 0.1) is 5.56 Å². The number of hydrogen-bond donors (Lipinski definition) is 2. The SMILES string of the molecule is CN(Cc1cccc(Cl)c1)c1ncccc1C(=N)N. The first kappa shape index (κ1) is 13.4. The molecule has 0 spiro atoms. The fourth-order valence-electron chi connectivity index (χ4n) is 1.90. The van der Waals surface area contributed by atoms with Gasteiger partial charge in [-0.1, -0.05) is 23.7 Å². The first-order chi connectivity index (χ1) is 9.08. The lowest BCUT2D eigenvalue weighted by molar-refractivity contribution is 0.895. The van der Waals surface area contributed by atoms with Crippen LogP contribution in [0.1, 0.15) is 11.1 Å². The van der Waals surface area contributed by atoms with Crippen LogP contribution >= 0.6 is 11.6 Å². The lowest BCUT2D eigenvalue weighted by Gasteiger charge is -2.20. The van der Waals surface area contributed by atoms with E-state index in [1.54, 1.807) is 18.3 Å². The largest absolute Gasteiger partial charge is 0.384 e. The number of benzene rings is 1. The molecule has 0 amide bonds. The molecule has 4 nitrogen and oxygen atoms in total. The van der Waals surface area contributed by atoms with Gasteiger partial charge < -0.3 is 10.6 Å². The quantitative estimate of drug-likeness (QED) is 0.665. The molecule has 2 rings (SSSR count). The number of halogens is 1. The van der Waals surface area contributed by atoms with E-state index in [2.05, 4.69) is 4.98 Å². The van der Waals surface area contributed by atoms with Crippen LogP contribution in [0.4, 0.5) is 5.82 Å². The lowest BCUT2D eigenvalue weighted by atomic mass is 10.2. The molecule has 5 heteroatoms. The molecule has 0 aliphatic carbocycles. The molecule has 0 unspecified atom stereocenters. The first-order valence-corrected chi connectivity index (χ1v) is 6.20. The molecule has 0 saturated heterocycles. The van der Waals surface area contributed by atoms with Gasteiger partial charge in [-0.25, -0.2) is 4.98 Å². The number of nitrogens with one attached hydrogen (secondary N) is 1. The van der Waals surface area contributed by atoms with Crippen LogP contribution in [0.15, 0.2) is 42.6 Å². The molecule has 1 heterocycles. The molecule has 0 saturated carbocycles. The summed E-state index contributed by atoms with van der Waals surface area (Å²) in [6.07, 6.45) is 1.69. The maximum atomic E-state index is 7.57. The zero-order chi connectivity index (χ0) is 13.8. The Kier molecular flexibility index (Phi) is 4.02. The number of hydrogen-bond acceptors (Lipinski definition) is 3. The average molecular weight is 275 g/mol. The molecule has 1 aromatic heterocycles. The highest BCUT2D eigenvalue weighted by Gasteiger charge is 2.11. The van der Waals surface area contributed by atoms with Crippen molar-refractivity contribution >= 4 is 23.3 Å². The summed E-state index contributed by atoms with van der Waals surface area (Å²) in [5.41, 5.74) is 7.28. The molecule has 0 radical (unpaired) electrons. The van der Waals surface area contributed by atoms with Gasteiger partial charge in [-0.3, -0.25) is 5.41 Å². The third kappa shape index (κ3) is 3.23. The van der Waals surface area contributed by atoms with Crippen molar-refractivity contribution in [2.45, 2.75) is 6.54 Å². The summed E-state index contributed by atoms with van der Waals surface area (Å²) in [6, 6.07) is 11.2. The number of nitrogens with zero attached hydrogens (tertiary/aromatic N) is 2. The molecule has 19 heavy (non-hydrogen) atoms. The molecule has 0 atom stereocenters. The van der Waals surface area contributed by atoms with Crippen molar-refractivity contribution in [2.24, 2.45) is 5.73 Å². The topological polar surface area (TPSA) is 66.0 Å². The van der Waals surface area contributed by atoms with Gasteiger partial charge in [0.2, 0.25) is 0 Å². The number of aromatic nitrogens is 1. The van der Waals surface area contributed by atoms with Crippen molar-refractivity contribution < 1.29 is 0 Å². The lowest BCUT2D eigenvalue weighted by Crippen LogP contribution is -2.23. The fourth-order valence-corrected chi connectivity index (χ4v) is 2.11. The number of rotatable bonds is 4. The van der Waals surface area contributed by atoms with Crippen LogP contribution < -0.4 is 10.6 Å². The Hall–Kier alpha value is -2.07. The zero-order valence-corrected chi connectivity index (χ0v) is 11.4. The molecular weight excluding hydrogens is 260 g/mol. The third-order valence-corrected chi connectivity index (χ3v) is 2.98. The Balaban J connectivity index is 2.25. The van der Waals surface area contributed by atoms with Gasteiger partial charge in [0.15, 0.2) is 0 Å². The zero-order valence-electron chi connectivity index (χ0n) is 10.6. The Morgan fingerprint density at radius 2 is 2.16 bits per heavy atom. The van der Waals surface area contributed by atoms with Crippen LogP contribution in [-0.2, 0) is 6.54 Å². The van der Waals surface area contributed by atoms with Crippen molar-refractivity contribution in [3.63, 3.8) is 0 Å². The molecule has 3 N–H and O–H groups in total. The molecular formula is C14H15ClN4. The van der Waals surface area contributed by atoms with Gasteiger partial charge in [0.1, 0.15) is 11.7 Å². The minimum Gasteiger partial charge on any atom is -0.384 e. The number of anilines is 1. The van der Waals surface area contributed by atoms with Crippen molar-refractivity contribution in [3.8, 4) is 0 Å². The maximum Gasteiger partial charge on any atom is 0.139 e. The van der Waals surface area contributed by atoms with E-state index in [9.17, 15) is 0 Å². The summed E-state index contributed by atoms with van der Waals surface area (Å²) in [6.45, 7) is 0.651. The predicted octanol–water partition coefficient (Wildman–Crippen LogP) is 2.66. The van der Waals surface area contributed by atoms with E-state index < -0.39 is 0 Å². The summed E-state index contributed by atoms with van der Waals surface area (Å²) in [5, 5.41) is 8.28. The van der Waals surface area contributed by atoms with E-state index in [0.717, 1.165) is 5.56 Å². The predicted molar refractivity (Wildman–Crippen MR) is 78.8 cm³/mol. The van der Waals surface area contributed by atoms with Gasteiger partial charge in [-0.15, -0.1) is 0 Å². The second-order valence-electron chi connectivity index (χ2n) is 4.27. The van der Waals surface area contributed by atoms with Crippen molar-refractivity contribution in [2.75, 3.05) is 11.9 Å². The molecule has 0 bridgehead atoms. The minimum absolute atomic E-state index is 0.0149. The first-order valence-electron chi connectivity index (χ1n) is 5.83. The summed E-state index contributed by atoms with van der Waals surface area (Å²) in [5.74, 6) is 0.705. The van der Waals surface area contributed by atoms with E-state index in [0.29, 0.717) is 22.9 Å². The Labute approximate surface area is 117 Å². The van der Waals surface area contributed by atoms with Gasteiger partial charge in [0, 0.05) is 24.8 Å². The highest BCUT2D eigenvalue weighted by molar-refractivity contribution is 6.30. The van der Waals surface area contributed by atoms with Crippen LogP contribution in [0.3, 0.4) is 0 Å². The number of nitrogens with two attached hydrogens (primary N) is 1. The van der Waals surface area contributed by atoms with Crippen LogP contribution in [0.5, 0.6) is 0 Å². The third-order valence-electron chi connectivity index (χ3n) is 2.75. The number of pyridine rings is 1. The van der Waals surface area contributed by atoms with Crippen LogP contribution in [0.2, 0.25) is 5.02 Å². The molecule has 1 aromatic carbocycles. The van der Waals surface area contributed by atoms with Crippen LogP contribution in [-0.4, -0.2) is 17.9 Å². The normalized spacial score (nSPS) is 10.2. The highest BCUT2D eigenvalue weighted by atomic mass is 35.5. The second-order valence-corrected chi connectivity index (χ2v) is 4.71. The summed E-state index contributed by atoms with van der Waals surface area (Å²) >= 11 is 5.97. The fraction of sp³-hybridized carbons (Fsp3) is 0.143. The van der Waals surface area contributed by atoms with E-state index in [1.165, 1.54) is 0 Å². The van der Waals surface area contributed by atoms with Gasteiger partial charge in [-0.2, -0.15) is 0 Å². The highest BCUT2D eigenvalue weighted by Crippen LogP contribution is 2.19. The average Bonchev–Trinajstić information content (AvgIpc) is 2.38. The molecule has 0 aliphatic rings. The number of nitrogen functional groups attached to an aromatic ring is 1. The second kappa shape index (κ2) is 5.71. The van der Waals surface area contributed by atoms with E-state index in [4.69, 9.17) is 22.7 Å². The maximum absolute atomic E-state index is 7.57. The molecule has 0 aliphatic heterocycles. The minimum atomic E-state index is 0.0149. The molecule has 0 fully saturated rings. The van der Waals surface area contributed by atoms with Gasteiger partial charge in [-0.05, 0) is 29.8 Å². The Morgan fingerprint density at radius 1 is 1.37 bits per heavy atom. The van der Waals surface area contributed by atoms with E-state index in [1.807, 2.05) is 36.2 Å². The van der Waals surface area contributed by atoms with Crippen LogP contribution in [0.25, 0.3) is 0 Å². The van der Waals surface area contributed by atoms with Gasteiger partial charge in [0.25, 0.3) is 0 Å². The smallest absolute Gasteiger partial charge is 0.139 e. The standard InChI is InChI=1S/C14H15ClN4/c1-19(9-10-4-2-5-11(15)8-10)14-12(13(16)17)6-3-7-18-14/h2-8H,9H2,1H3,(H3,16,17). The van der Waals surface area contributed by atoms with Crippen molar-refractivity contribution in [1.82, 2.24) is 4.98 Å². The Morgan fingerprint density at radius 3 is 2.84 bits per heavy atom. The monoisotopic (exact) mass is 274 g/mol. The molecule has 2 aromatic rings. The van der Waals surface area contributed by atoms with Gasteiger partial charge >= 0.3 is 0 Å². The van der Waals surface area contributed by atoms with Crippen molar-refractivity contribution in [1.29, 1.82) is 5.41 Å². The summed E-state index contributed by atoms with van der Waals surface area (Å²) in [4.78, 5) is 6.24. The van der Waals surface area contributed by atoms with E-state index in [-0.39, 0.29) is 5.84 Å². The Bertz CT molecular complexity index is 598. The summed E-state index contributed by atoms with van der Waals surface area (Å²) in [7, 11) is 1.91. The molecule has 98 valence electrons. The van der Waals surface area contributed by atoms with E-state index >= 15 is 0 Å². The van der Waals surface area contributed by atoms with Crippen molar-refractivity contribution in [3.05, 3.63) is 58.7 Å². The van der Waals surface area contributed by atoms with Crippen LogP contribution in [0, 0.1) is 5.41 Å². The summed E-state index contributed by atoms with van der Waals surface area (Å²) < 4.78 is 0.